The van der Waals surface area contributed by atoms with Crippen molar-refractivity contribution in [3.8, 4) is 0 Å². The first-order valence-electron chi connectivity index (χ1n) is 7.23. The monoisotopic (exact) mass is 307 g/mol. The van der Waals surface area contributed by atoms with Crippen LogP contribution in [0.25, 0.3) is 0 Å². The average molecular weight is 307 g/mol. The van der Waals surface area contributed by atoms with Gasteiger partial charge in [-0.1, -0.05) is 0 Å². The van der Waals surface area contributed by atoms with Crippen LogP contribution in [-0.2, 0) is 19.6 Å². The summed E-state index contributed by atoms with van der Waals surface area (Å²) in [5.74, 6) is 1.03. The molecule has 0 saturated carbocycles. The normalized spacial score (nSPS) is 12.3. The van der Waals surface area contributed by atoms with Crippen molar-refractivity contribution in [3.05, 3.63) is 39.7 Å². The van der Waals surface area contributed by atoms with Crippen LogP contribution in [0.1, 0.15) is 42.8 Å². The quantitative estimate of drug-likeness (QED) is 0.886. The van der Waals surface area contributed by atoms with Gasteiger partial charge in [-0.15, -0.1) is 11.3 Å². The molecule has 2 rings (SSSR count). The molecule has 0 aliphatic carbocycles. The zero-order chi connectivity index (χ0) is 15.5. The van der Waals surface area contributed by atoms with Gasteiger partial charge in [0.25, 0.3) is 0 Å². The van der Waals surface area contributed by atoms with Gasteiger partial charge in [0.05, 0.1) is 23.5 Å². The van der Waals surface area contributed by atoms with Gasteiger partial charge in [0.1, 0.15) is 5.76 Å². The van der Waals surface area contributed by atoms with Gasteiger partial charge in [0.2, 0.25) is 0 Å². The van der Waals surface area contributed by atoms with Crippen molar-refractivity contribution in [2.75, 3.05) is 7.05 Å². The minimum absolute atomic E-state index is 0.110. The highest BCUT2D eigenvalue weighted by Crippen LogP contribution is 2.16. The summed E-state index contributed by atoms with van der Waals surface area (Å²) in [5, 5.41) is 6.74. The van der Waals surface area contributed by atoms with Gasteiger partial charge in [0.15, 0.2) is 0 Å². The molecule has 116 valence electrons. The lowest BCUT2D eigenvalue weighted by Crippen LogP contribution is -2.35. The largest absolute Gasteiger partial charge is 0.468 e. The topological polar surface area (TPSA) is 41.3 Å². The van der Waals surface area contributed by atoms with Crippen LogP contribution in [0.5, 0.6) is 0 Å². The SMILES string of the molecule is Cc1nc(CN(C)Cc2occc2CNC(C)(C)C)cs1. The second kappa shape index (κ2) is 6.73. The highest BCUT2D eigenvalue weighted by atomic mass is 32.1. The maximum atomic E-state index is 5.64. The molecule has 0 aliphatic rings. The summed E-state index contributed by atoms with van der Waals surface area (Å²) < 4.78 is 5.64. The Morgan fingerprint density at radius 1 is 1.33 bits per heavy atom. The third-order valence-electron chi connectivity index (χ3n) is 3.16. The number of aromatic nitrogens is 1. The molecule has 0 aromatic carbocycles. The summed E-state index contributed by atoms with van der Waals surface area (Å²) in [4.78, 5) is 6.73. The lowest BCUT2D eigenvalue weighted by atomic mass is 10.1. The number of hydrogen-bond acceptors (Lipinski definition) is 5. The zero-order valence-electron chi connectivity index (χ0n) is 13.6. The van der Waals surface area contributed by atoms with Crippen LogP contribution in [0.3, 0.4) is 0 Å². The van der Waals surface area contributed by atoms with E-state index in [0.29, 0.717) is 0 Å². The fourth-order valence-electron chi connectivity index (χ4n) is 2.08. The summed E-state index contributed by atoms with van der Waals surface area (Å²) in [5.41, 5.74) is 2.46. The molecule has 0 fully saturated rings. The maximum absolute atomic E-state index is 5.64. The minimum Gasteiger partial charge on any atom is -0.468 e. The highest BCUT2D eigenvalue weighted by molar-refractivity contribution is 7.09. The average Bonchev–Trinajstić information content (AvgIpc) is 2.95. The second-order valence-corrected chi connectivity index (χ2v) is 7.56. The van der Waals surface area contributed by atoms with Gasteiger partial charge in [-0.25, -0.2) is 4.98 Å². The number of aryl methyl sites for hydroxylation is 1. The number of hydrogen-bond donors (Lipinski definition) is 1. The number of nitrogens with zero attached hydrogens (tertiary/aromatic N) is 2. The molecule has 0 amide bonds. The first kappa shape index (κ1) is 16.2. The summed E-state index contributed by atoms with van der Waals surface area (Å²) in [7, 11) is 2.10. The second-order valence-electron chi connectivity index (χ2n) is 6.50. The van der Waals surface area contributed by atoms with Crippen LogP contribution < -0.4 is 5.32 Å². The maximum Gasteiger partial charge on any atom is 0.122 e. The van der Waals surface area contributed by atoms with Gasteiger partial charge >= 0.3 is 0 Å². The molecule has 2 aromatic heterocycles. The molecule has 0 unspecified atom stereocenters. The van der Waals surface area contributed by atoms with E-state index in [2.05, 4.69) is 54.5 Å². The predicted molar refractivity (Wildman–Crippen MR) is 87.3 cm³/mol. The molecule has 2 heterocycles. The molecule has 4 nitrogen and oxygen atoms in total. The molecule has 0 aliphatic heterocycles. The Hall–Kier alpha value is -1.17. The van der Waals surface area contributed by atoms with Gasteiger partial charge in [-0.3, -0.25) is 4.90 Å². The number of thiazole rings is 1. The summed E-state index contributed by atoms with van der Waals surface area (Å²) in [6.07, 6.45) is 1.77. The van der Waals surface area contributed by atoms with Crippen molar-refractivity contribution in [2.45, 2.75) is 52.9 Å². The van der Waals surface area contributed by atoms with Crippen molar-refractivity contribution >= 4 is 11.3 Å². The van der Waals surface area contributed by atoms with Crippen LogP contribution in [0, 0.1) is 6.92 Å². The van der Waals surface area contributed by atoms with Gasteiger partial charge in [-0.2, -0.15) is 0 Å². The molecule has 0 bridgehead atoms. The lowest BCUT2D eigenvalue weighted by molar-refractivity contribution is 0.282. The Morgan fingerprint density at radius 3 is 2.71 bits per heavy atom. The standard InChI is InChI=1S/C16H25N3OS/c1-12-18-14(11-21-12)9-19(5)10-15-13(6-7-20-15)8-17-16(2,3)4/h6-7,11,17H,8-10H2,1-5H3. The van der Waals surface area contributed by atoms with E-state index in [-0.39, 0.29) is 5.54 Å². The Morgan fingerprint density at radius 2 is 2.10 bits per heavy atom. The molecule has 0 radical (unpaired) electrons. The van der Waals surface area contributed by atoms with E-state index in [1.807, 2.05) is 6.92 Å². The van der Waals surface area contributed by atoms with E-state index in [4.69, 9.17) is 4.42 Å². The first-order chi connectivity index (χ1) is 9.83. The molecular formula is C16H25N3OS. The van der Waals surface area contributed by atoms with Crippen LogP contribution in [0.4, 0.5) is 0 Å². The minimum atomic E-state index is 0.110. The van der Waals surface area contributed by atoms with Crippen LogP contribution in [0.2, 0.25) is 0 Å². The number of nitrogens with one attached hydrogen (secondary N) is 1. The molecule has 0 atom stereocenters. The summed E-state index contributed by atoms with van der Waals surface area (Å²) in [6.45, 7) is 11.0. The lowest BCUT2D eigenvalue weighted by Gasteiger charge is -2.21. The van der Waals surface area contributed by atoms with Crippen LogP contribution >= 0.6 is 11.3 Å². The van der Waals surface area contributed by atoms with E-state index in [1.54, 1.807) is 17.6 Å². The van der Waals surface area contributed by atoms with Crippen molar-refractivity contribution < 1.29 is 4.42 Å². The van der Waals surface area contributed by atoms with Crippen molar-refractivity contribution in [1.82, 2.24) is 15.2 Å². The zero-order valence-corrected chi connectivity index (χ0v) is 14.4. The van der Waals surface area contributed by atoms with Crippen LogP contribution in [0.15, 0.2) is 22.1 Å². The number of rotatable bonds is 6. The smallest absolute Gasteiger partial charge is 0.122 e. The third-order valence-corrected chi connectivity index (χ3v) is 3.98. The molecule has 1 N–H and O–H groups in total. The third kappa shape index (κ3) is 5.26. The van der Waals surface area contributed by atoms with E-state index < -0.39 is 0 Å². The van der Waals surface area contributed by atoms with E-state index in [0.717, 1.165) is 36.1 Å². The van der Waals surface area contributed by atoms with E-state index in [9.17, 15) is 0 Å². The molecule has 0 saturated heterocycles. The Bertz CT molecular complexity index is 568. The van der Waals surface area contributed by atoms with Crippen molar-refractivity contribution in [3.63, 3.8) is 0 Å². The Balaban J connectivity index is 1.92. The van der Waals surface area contributed by atoms with E-state index in [1.165, 1.54) is 5.56 Å². The fraction of sp³-hybridized carbons (Fsp3) is 0.562. The first-order valence-corrected chi connectivity index (χ1v) is 8.11. The summed E-state index contributed by atoms with van der Waals surface area (Å²) >= 11 is 1.70. The molecule has 5 heteroatoms. The molecule has 2 aromatic rings. The van der Waals surface area contributed by atoms with Gasteiger partial charge in [0, 0.05) is 29.6 Å². The van der Waals surface area contributed by atoms with Gasteiger partial charge < -0.3 is 9.73 Å². The highest BCUT2D eigenvalue weighted by Gasteiger charge is 2.14. The summed E-state index contributed by atoms with van der Waals surface area (Å²) in [6, 6.07) is 2.05. The Kier molecular flexibility index (Phi) is 5.19. The number of furan rings is 1. The molecule has 21 heavy (non-hydrogen) atoms. The Labute approximate surface area is 131 Å². The molecule has 0 spiro atoms. The van der Waals surface area contributed by atoms with Crippen LogP contribution in [-0.4, -0.2) is 22.5 Å². The predicted octanol–water partition coefficient (Wildman–Crippen LogP) is 3.56. The fourth-order valence-corrected chi connectivity index (χ4v) is 2.69. The van der Waals surface area contributed by atoms with Gasteiger partial charge in [-0.05, 0) is 40.8 Å². The molecular weight excluding hydrogens is 282 g/mol. The van der Waals surface area contributed by atoms with Crippen molar-refractivity contribution in [2.24, 2.45) is 0 Å². The van der Waals surface area contributed by atoms with Crippen molar-refractivity contribution in [1.29, 1.82) is 0 Å². The van der Waals surface area contributed by atoms with E-state index >= 15 is 0 Å².